The fourth-order valence-electron chi connectivity index (χ4n) is 2.83. The summed E-state index contributed by atoms with van der Waals surface area (Å²) in [6.07, 6.45) is -1.96. The predicted octanol–water partition coefficient (Wildman–Crippen LogP) is 2.66. The number of fused-ring (bicyclic) bond motifs is 2. The van der Waals surface area contributed by atoms with Gasteiger partial charge in [0.25, 0.3) is 0 Å². The molecular formula is C13H15F3N2O. The van der Waals surface area contributed by atoms with Crippen molar-refractivity contribution in [2.75, 3.05) is 23.7 Å². The lowest BCUT2D eigenvalue weighted by Crippen LogP contribution is -2.42. The van der Waals surface area contributed by atoms with Gasteiger partial charge in [-0.2, -0.15) is 13.2 Å². The second kappa shape index (κ2) is 4.30. The summed E-state index contributed by atoms with van der Waals surface area (Å²) in [6, 6.07) is 3.55. The number of anilines is 2. The van der Waals surface area contributed by atoms with E-state index in [0.717, 1.165) is 25.0 Å². The molecule has 2 N–H and O–H groups in total. The fourth-order valence-corrected chi connectivity index (χ4v) is 2.83. The lowest BCUT2D eigenvalue weighted by molar-refractivity contribution is -0.137. The number of hydrogen-bond acceptors (Lipinski definition) is 3. The van der Waals surface area contributed by atoms with Crippen molar-refractivity contribution in [2.24, 2.45) is 0 Å². The van der Waals surface area contributed by atoms with Gasteiger partial charge in [0.2, 0.25) is 0 Å². The van der Waals surface area contributed by atoms with E-state index < -0.39 is 11.7 Å². The molecule has 104 valence electrons. The van der Waals surface area contributed by atoms with Crippen LogP contribution in [-0.4, -0.2) is 25.3 Å². The molecule has 3 nitrogen and oxygen atoms in total. The van der Waals surface area contributed by atoms with E-state index in [2.05, 4.69) is 0 Å². The standard InChI is InChI=1S/C13H15F3N2O/c14-13(15,16)8-1-4-12(11(17)5-8)18-6-9-2-3-10(7-18)19-9/h1,4-5,9-10H,2-3,6-7,17H2. The van der Waals surface area contributed by atoms with Crippen LogP contribution in [0.2, 0.25) is 0 Å². The molecular weight excluding hydrogens is 257 g/mol. The quantitative estimate of drug-likeness (QED) is 0.799. The van der Waals surface area contributed by atoms with Crippen molar-refractivity contribution >= 4 is 11.4 Å². The number of nitrogen functional groups attached to an aromatic ring is 1. The number of nitrogens with zero attached hydrogens (tertiary/aromatic N) is 1. The van der Waals surface area contributed by atoms with Crippen LogP contribution >= 0.6 is 0 Å². The third-order valence-electron chi connectivity index (χ3n) is 3.74. The average Bonchev–Trinajstić information content (AvgIpc) is 2.67. The molecule has 3 rings (SSSR count). The monoisotopic (exact) mass is 272 g/mol. The normalized spacial score (nSPS) is 26.8. The van der Waals surface area contributed by atoms with Gasteiger partial charge in [-0.15, -0.1) is 0 Å². The first kappa shape index (κ1) is 12.6. The van der Waals surface area contributed by atoms with E-state index in [0.29, 0.717) is 18.8 Å². The number of hydrogen-bond donors (Lipinski definition) is 1. The van der Waals surface area contributed by atoms with E-state index in [1.54, 1.807) is 0 Å². The minimum Gasteiger partial charge on any atom is -0.397 e. The first-order valence-corrected chi connectivity index (χ1v) is 6.30. The summed E-state index contributed by atoms with van der Waals surface area (Å²) in [5.74, 6) is 0. The highest BCUT2D eigenvalue weighted by atomic mass is 19.4. The number of benzene rings is 1. The summed E-state index contributed by atoms with van der Waals surface area (Å²) >= 11 is 0. The Kier molecular flexibility index (Phi) is 2.85. The van der Waals surface area contributed by atoms with Gasteiger partial charge in [-0.1, -0.05) is 0 Å². The van der Waals surface area contributed by atoms with Gasteiger partial charge in [-0.3, -0.25) is 0 Å². The number of ether oxygens (including phenoxy) is 1. The molecule has 19 heavy (non-hydrogen) atoms. The van der Waals surface area contributed by atoms with Crippen molar-refractivity contribution in [3.05, 3.63) is 23.8 Å². The van der Waals surface area contributed by atoms with Gasteiger partial charge in [-0.05, 0) is 31.0 Å². The number of nitrogens with two attached hydrogens (primary N) is 1. The topological polar surface area (TPSA) is 38.5 Å². The van der Waals surface area contributed by atoms with Crippen LogP contribution in [-0.2, 0) is 10.9 Å². The van der Waals surface area contributed by atoms with Crippen LogP contribution in [0.1, 0.15) is 18.4 Å². The zero-order chi connectivity index (χ0) is 13.6. The molecule has 0 aromatic heterocycles. The first-order valence-electron chi connectivity index (χ1n) is 6.30. The maximum atomic E-state index is 12.6. The fraction of sp³-hybridized carbons (Fsp3) is 0.538. The first-order chi connectivity index (χ1) is 8.93. The van der Waals surface area contributed by atoms with Gasteiger partial charge in [0.1, 0.15) is 0 Å². The SMILES string of the molecule is Nc1cc(C(F)(F)F)ccc1N1CC2CCC(C1)O2. The van der Waals surface area contributed by atoms with Gasteiger partial charge >= 0.3 is 6.18 Å². The van der Waals surface area contributed by atoms with E-state index >= 15 is 0 Å². The Morgan fingerprint density at radius 3 is 2.32 bits per heavy atom. The highest BCUT2D eigenvalue weighted by Gasteiger charge is 2.35. The van der Waals surface area contributed by atoms with Crippen LogP contribution in [0, 0.1) is 0 Å². The average molecular weight is 272 g/mol. The van der Waals surface area contributed by atoms with Crippen LogP contribution in [0.3, 0.4) is 0 Å². The van der Waals surface area contributed by atoms with Gasteiger partial charge in [0.05, 0.1) is 29.1 Å². The second-order valence-corrected chi connectivity index (χ2v) is 5.13. The molecule has 1 aromatic rings. The Balaban J connectivity index is 1.85. The van der Waals surface area contributed by atoms with Crippen molar-refractivity contribution in [3.63, 3.8) is 0 Å². The number of morpholine rings is 1. The molecule has 2 unspecified atom stereocenters. The summed E-state index contributed by atoms with van der Waals surface area (Å²) < 4.78 is 43.5. The Morgan fingerprint density at radius 2 is 1.79 bits per heavy atom. The molecule has 2 aliphatic heterocycles. The van der Waals surface area contributed by atoms with Crippen molar-refractivity contribution < 1.29 is 17.9 Å². The largest absolute Gasteiger partial charge is 0.416 e. The summed E-state index contributed by atoms with van der Waals surface area (Å²) in [5, 5.41) is 0. The van der Waals surface area contributed by atoms with Crippen LogP contribution in [0.15, 0.2) is 18.2 Å². The molecule has 0 spiro atoms. The molecule has 2 bridgehead atoms. The summed E-state index contributed by atoms with van der Waals surface area (Å²) in [5.41, 5.74) is 5.93. The van der Waals surface area contributed by atoms with Crippen LogP contribution in [0.25, 0.3) is 0 Å². The Morgan fingerprint density at radius 1 is 1.16 bits per heavy atom. The zero-order valence-electron chi connectivity index (χ0n) is 10.3. The highest BCUT2D eigenvalue weighted by molar-refractivity contribution is 5.69. The Bertz CT molecular complexity index is 477. The molecule has 0 radical (unpaired) electrons. The van der Waals surface area contributed by atoms with Gasteiger partial charge in [-0.25, -0.2) is 0 Å². The van der Waals surface area contributed by atoms with E-state index in [9.17, 15) is 13.2 Å². The molecule has 0 aliphatic carbocycles. The van der Waals surface area contributed by atoms with Gasteiger partial charge < -0.3 is 15.4 Å². The molecule has 0 saturated carbocycles. The molecule has 2 atom stereocenters. The lowest BCUT2D eigenvalue weighted by Gasteiger charge is -2.34. The molecule has 0 amide bonds. The minimum atomic E-state index is -4.35. The molecule has 1 aromatic carbocycles. The summed E-state index contributed by atoms with van der Waals surface area (Å²) in [6.45, 7) is 1.40. The minimum absolute atomic E-state index is 0.177. The van der Waals surface area contributed by atoms with E-state index in [-0.39, 0.29) is 17.9 Å². The highest BCUT2D eigenvalue weighted by Crippen LogP contribution is 2.36. The molecule has 6 heteroatoms. The number of alkyl halides is 3. The second-order valence-electron chi connectivity index (χ2n) is 5.13. The number of rotatable bonds is 1. The predicted molar refractivity (Wildman–Crippen MR) is 66.0 cm³/mol. The van der Waals surface area contributed by atoms with E-state index in [1.807, 2.05) is 4.90 Å². The lowest BCUT2D eigenvalue weighted by atomic mass is 10.1. The van der Waals surface area contributed by atoms with Crippen molar-refractivity contribution in [1.82, 2.24) is 0 Å². The van der Waals surface area contributed by atoms with Crippen molar-refractivity contribution in [2.45, 2.75) is 31.2 Å². The zero-order valence-corrected chi connectivity index (χ0v) is 10.3. The third kappa shape index (κ3) is 2.36. The Hall–Kier alpha value is -1.43. The van der Waals surface area contributed by atoms with Crippen LogP contribution < -0.4 is 10.6 Å². The van der Waals surface area contributed by atoms with Crippen molar-refractivity contribution in [1.29, 1.82) is 0 Å². The van der Waals surface area contributed by atoms with Gasteiger partial charge in [0, 0.05) is 13.1 Å². The third-order valence-corrected chi connectivity index (χ3v) is 3.74. The van der Waals surface area contributed by atoms with E-state index in [4.69, 9.17) is 10.5 Å². The molecule has 2 saturated heterocycles. The van der Waals surface area contributed by atoms with Crippen LogP contribution in [0.4, 0.5) is 24.5 Å². The van der Waals surface area contributed by atoms with E-state index in [1.165, 1.54) is 6.07 Å². The maximum absolute atomic E-state index is 12.6. The number of halogens is 3. The molecule has 2 heterocycles. The molecule has 2 fully saturated rings. The summed E-state index contributed by atoms with van der Waals surface area (Å²) in [4.78, 5) is 2.03. The van der Waals surface area contributed by atoms with Crippen LogP contribution in [0.5, 0.6) is 0 Å². The van der Waals surface area contributed by atoms with Gasteiger partial charge in [0.15, 0.2) is 0 Å². The Labute approximate surface area is 109 Å². The summed E-state index contributed by atoms with van der Waals surface area (Å²) in [7, 11) is 0. The van der Waals surface area contributed by atoms with Crippen molar-refractivity contribution in [3.8, 4) is 0 Å². The molecule has 2 aliphatic rings. The smallest absolute Gasteiger partial charge is 0.397 e. The maximum Gasteiger partial charge on any atom is 0.416 e.